The molecule has 132 valence electrons. The van der Waals surface area contributed by atoms with Crippen molar-refractivity contribution < 1.29 is 4.79 Å². The van der Waals surface area contributed by atoms with Crippen molar-refractivity contribution >= 4 is 28.5 Å². The van der Waals surface area contributed by atoms with E-state index >= 15 is 0 Å². The summed E-state index contributed by atoms with van der Waals surface area (Å²) in [6.07, 6.45) is 3.44. The number of carbonyl (C=O) groups is 1. The van der Waals surface area contributed by atoms with Crippen molar-refractivity contribution in [1.29, 1.82) is 0 Å². The number of benzene rings is 2. The molecule has 4 rings (SSSR count). The van der Waals surface area contributed by atoms with Gasteiger partial charge in [0.1, 0.15) is 6.54 Å². The summed E-state index contributed by atoms with van der Waals surface area (Å²) in [6, 6.07) is 14.8. The number of carbonyl (C=O) groups excluding carboxylic acids is 1. The molecule has 1 aliphatic rings. The largest absolute Gasteiger partial charge is 0.347 e. The normalized spacial score (nSPS) is 15.0. The Hall–Kier alpha value is -2.66. The number of hydrogen-bond acceptors (Lipinski definition) is 3. The van der Waals surface area contributed by atoms with Crippen molar-refractivity contribution in [3.63, 3.8) is 0 Å². The molecule has 1 saturated carbocycles. The van der Waals surface area contributed by atoms with Gasteiger partial charge in [-0.3, -0.25) is 14.2 Å². The number of hydrogen-bond donors (Lipinski definition) is 1. The lowest BCUT2D eigenvalue weighted by molar-refractivity contribution is -0.122. The molecule has 1 atom stereocenters. The van der Waals surface area contributed by atoms with E-state index < -0.39 is 0 Å². The monoisotopic (exact) mass is 367 g/mol. The SMILES string of the molecule is O=C(Cn1c(=O)cnc2ccccc21)N[C@@H](c1ccc(Cl)cc1)C1CC1. The van der Waals surface area contributed by atoms with Crippen LogP contribution in [-0.4, -0.2) is 15.5 Å². The van der Waals surface area contributed by atoms with Crippen molar-refractivity contribution in [1.82, 2.24) is 14.9 Å². The first-order valence-corrected chi connectivity index (χ1v) is 8.99. The van der Waals surface area contributed by atoms with E-state index in [-0.39, 0.29) is 24.1 Å². The second kappa shape index (κ2) is 6.92. The maximum atomic E-state index is 12.7. The number of aromatic nitrogens is 2. The topological polar surface area (TPSA) is 64.0 Å². The summed E-state index contributed by atoms with van der Waals surface area (Å²) in [5.41, 5.74) is 2.10. The predicted molar refractivity (Wildman–Crippen MR) is 101 cm³/mol. The van der Waals surface area contributed by atoms with Gasteiger partial charge in [-0.25, -0.2) is 4.98 Å². The van der Waals surface area contributed by atoms with E-state index in [1.165, 1.54) is 10.8 Å². The lowest BCUT2D eigenvalue weighted by Crippen LogP contribution is -2.35. The van der Waals surface area contributed by atoms with Crippen LogP contribution in [0.5, 0.6) is 0 Å². The maximum Gasteiger partial charge on any atom is 0.269 e. The molecular formula is C20H18ClN3O2. The molecule has 2 aromatic carbocycles. The first-order chi connectivity index (χ1) is 12.6. The highest BCUT2D eigenvalue weighted by Gasteiger charge is 2.33. The minimum atomic E-state index is -0.284. The molecule has 1 heterocycles. The van der Waals surface area contributed by atoms with Crippen molar-refractivity contribution in [2.24, 2.45) is 5.92 Å². The molecule has 1 amide bonds. The zero-order chi connectivity index (χ0) is 18.1. The quantitative estimate of drug-likeness (QED) is 0.752. The summed E-state index contributed by atoms with van der Waals surface area (Å²) in [7, 11) is 0. The van der Waals surface area contributed by atoms with E-state index in [0.29, 0.717) is 22.0 Å². The first kappa shape index (κ1) is 16.8. The van der Waals surface area contributed by atoms with Gasteiger partial charge in [0, 0.05) is 5.02 Å². The van der Waals surface area contributed by atoms with Gasteiger partial charge < -0.3 is 5.32 Å². The summed E-state index contributed by atoms with van der Waals surface area (Å²) < 4.78 is 1.46. The average molecular weight is 368 g/mol. The second-order valence-electron chi connectivity index (χ2n) is 6.61. The van der Waals surface area contributed by atoms with Gasteiger partial charge in [-0.05, 0) is 48.6 Å². The van der Waals surface area contributed by atoms with Gasteiger partial charge in [-0.2, -0.15) is 0 Å². The van der Waals surface area contributed by atoms with Crippen LogP contribution in [0.1, 0.15) is 24.4 Å². The zero-order valence-corrected chi connectivity index (χ0v) is 14.8. The van der Waals surface area contributed by atoms with Crippen molar-refractivity contribution in [2.75, 3.05) is 0 Å². The lowest BCUT2D eigenvalue weighted by atomic mass is 10.0. The van der Waals surface area contributed by atoms with E-state index in [9.17, 15) is 9.59 Å². The minimum absolute atomic E-state index is 0.0291. The minimum Gasteiger partial charge on any atom is -0.347 e. The van der Waals surface area contributed by atoms with Gasteiger partial charge >= 0.3 is 0 Å². The third kappa shape index (κ3) is 3.48. The summed E-state index contributed by atoms with van der Waals surface area (Å²) in [5.74, 6) is 0.251. The van der Waals surface area contributed by atoms with E-state index in [0.717, 1.165) is 18.4 Å². The Morgan fingerprint density at radius 1 is 1.19 bits per heavy atom. The van der Waals surface area contributed by atoms with Gasteiger partial charge in [0.15, 0.2) is 0 Å². The van der Waals surface area contributed by atoms with Crippen LogP contribution in [-0.2, 0) is 11.3 Å². The molecule has 0 saturated heterocycles. The molecule has 0 aliphatic heterocycles. The number of amides is 1. The highest BCUT2D eigenvalue weighted by molar-refractivity contribution is 6.30. The van der Waals surface area contributed by atoms with E-state index in [1.54, 1.807) is 6.07 Å². The number of para-hydroxylation sites is 2. The Morgan fingerprint density at radius 3 is 2.65 bits per heavy atom. The van der Waals surface area contributed by atoms with Crippen LogP contribution in [0.25, 0.3) is 11.0 Å². The molecule has 0 spiro atoms. The Morgan fingerprint density at radius 2 is 1.92 bits per heavy atom. The Kier molecular flexibility index (Phi) is 4.47. The molecular weight excluding hydrogens is 350 g/mol. The Bertz CT molecular complexity index is 1010. The molecule has 6 heteroatoms. The average Bonchev–Trinajstić information content (AvgIpc) is 3.48. The number of rotatable bonds is 5. The third-order valence-corrected chi connectivity index (χ3v) is 4.95. The van der Waals surface area contributed by atoms with Crippen LogP contribution in [0.4, 0.5) is 0 Å². The number of halogens is 1. The first-order valence-electron chi connectivity index (χ1n) is 8.61. The van der Waals surface area contributed by atoms with Gasteiger partial charge in [0.05, 0.1) is 23.3 Å². The third-order valence-electron chi connectivity index (χ3n) is 4.69. The molecule has 0 radical (unpaired) electrons. The van der Waals surface area contributed by atoms with Crippen LogP contribution in [0.2, 0.25) is 5.02 Å². The Balaban J connectivity index is 1.57. The lowest BCUT2D eigenvalue weighted by Gasteiger charge is -2.19. The second-order valence-corrected chi connectivity index (χ2v) is 7.04. The maximum absolute atomic E-state index is 12.7. The fourth-order valence-electron chi connectivity index (χ4n) is 3.21. The molecule has 3 aromatic rings. The number of fused-ring (bicyclic) bond motifs is 1. The highest BCUT2D eigenvalue weighted by Crippen LogP contribution is 2.41. The van der Waals surface area contributed by atoms with E-state index in [1.807, 2.05) is 42.5 Å². The molecule has 1 N–H and O–H groups in total. The van der Waals surface area contributed by atoms with Gasteiger partial charge in [-0.1, -0.05) is 35.9 Å². The summed E-state index contributed by atoms with van der Waals surface area (Å²) >= 11 is 5.97. The fourth-order valence-corrected chi connectivity index (χ4v) is 3.34. The summed E-state index contributed by atoms with van der Waals surface area (Å²) in [5, 5.41) is 3.76. The van der Waals surface area contributed by atoms with E-state index in [2.05, 4.69) is 10.3 Å². The molecule has 0 bridgehead atoms. The van der Waals surface area contributed by atoms with Crippen molar-refractivity contribution in [2.45, 2.75) is 25.4 Å². The summed E-state index contributed by atoms with van der Waals surface area (Å²) in [4.78, 5) is 29.0. The highest BCUT2D eigenvalue weighted by atomic mass is 35.5. The van der Waals surface area contributed by atoms with Crippen LogP contribution < -0.4 is 10.9 Å². The molecule has 26 heavy (non-hydrogen) atoms. The Labute approximate surface area is 155 Å². The molecule has 1 fully saturated rings. The summed E-state index contributed by atoms with van der Waals surface area (Å²) in [6.45, 7) is -0.0291. The molecule has 1 aliphatic carbocycles. The van der Waals surface area contributed by atoms with Gasteiger partial charge in [0.25, 0.3) is 5.56 Å². The van der Waals surface area contributed by atoms with Crippen molar-refractivity contribution in [3.05, 3.63) is 75.7 Å². The standard InChI is InChI=1S/C20H18ClN3O2/c21-15-9-7-14(8-10-15)20(13-5-6-13)23-18(25)12-24-17-4-2-1-3-16(17)22-11-19(24)26/h1-4,7-11,13,20H,5-6,12H2,(H,23,25)/t20-/m1/s1. The van der Waals surface area contributed by atoms with Crippen LogP contribution >= 0.6 is 11.6 Å². The molecule has 0 unspecified atom stereocenters. The molecule has 5 nitrogen and oxygen atoms in total. The molecule has 1 aromatic heterocycles. The van der Waals surface area contributed by atoms with Gasteiger partial charge in [-0.15, -0.1) is 0 Å². The van der Waals surface area contributed by atoms with Gasteiger partial charge in [0.2, 0.25) is 5.91 Å². The van der Waals surface area contributed by atoms with Crippen molar-refractivity contribution in [3.8, 4) is 0 Å². The van der Waals surface area contributed by atoms with Crippen LogP contribution in [0.15, 0.2) is 59.5 Å². The zero-order valence-electron chi connectivity index (χ0n) is 14.1. The smallest absolute Gasteiger partial charge is 0.269 e. The van der Waals surface area contributed by atoms with E-state index in [4.69, 9.17) is 11.6 Å². The van der Waals surface area contributed by atoms with Crippen LogP contribution in [0.3, 0.4) is 0 Å². The van der Waals surface area contributed by atoms with Crippen LogP contribution in [0, 0.1) is 5.92 Å². The fraction of sp³-hybridized carbons (Fsp3) is 0.250. The number of nitrogens with one attached hydrogen (secondary N) is 1. The number of nitrogens with zero attached hydrogens (tertiary/aromatic N) is 2. The predicted octanol–water partition coefficient (Wildman–Crippen LogP) is 3.32.